The van der Waals surface area contributed by atoms with E-state index in [0.717, 1.165) is 11.1 Å². The van der Waals surface area contributed by atoms with E-state index in [0.29, 0.717) is 0 Å². The van der Waals surface area contributed by atoms with Gasteiger partial charge in [-0.15, -0.1) is 0 Å². The Kier molecular flexibility index (Phi) is 2.43. The highest BCUT2D eigenvalue weighted by Crippen LogP contribution is 2.35. The second-order valence-electron chi connectivity index (χ2n) is 4.33. The fourth-order valence-corrected chi connectivity index (χ4v) is 3.50. The van der Waals surface area contributed by atoms with Crippen LogP contribution in [0.4, 0.5) is 0 Å². The summed E-state index contributed by atoms with van der Waals surface area (Å²) in [6, 6.07) is 14.3. The zero-order valence-electron chi connectivity index (χ0n) is 9.96. The molecule has 1 aliphatic rings. The van der Waals surface area contributed by atoms with E-state index in [1.807, 2.05) is 30.3 Å². The van der Waals surface area contributed by atoms with Gasteiger partial charge in [-0.05, 0) is 23.3 Å². The van der Waals surface area contributed by atoms with Gasteiger partial charge >= 0.3 is 0 Å². The van der Waals surface area contributed by atoms with Gasteiger partial charge in [0, 0.05) is 5.56 Å². The molecule has 1 aliphatic heterocycles. The van der Waals surface area contributed by atoms with Crippen molar-refractivity contribution in [3.8, 4) is 11.1 Å². The van der Waals surface area contributed by atoms with Gasteiger partial charge in [0.25, 0.3) is 0 Å². The number of fused-ring (bicyclic) bond motifs is 1. The van der Waals surface area contributed by atoms with Gasteiger partial charge in [-0.25, -0.2) is 8.42 Å². The van der Waals surface area contributed by atoms with E-state index in [1.165, 1.54) is 6.07 Å². The number of ketones is 1. The lowest BCUT2D eigenvalue weighted by Gasteiger charge is -2.03. The van der Waals surface area contributed by atoms with Crippen LogP contribution in [0, 0.1) is 0 Å². The lowest BCUT2D eigenvalue weighted by Crippen LogP contribution is -1.99. The van der Waals surface area contributed by atoms with Crippen LogP contribution in [-0.4, -0.2) is 14.2 Å². The van der Waals surface area contributed by atoms with Gasteiger partial charge in [0.2, 0.25) is 15.6 Å². The maximum Gasteiger partial charge on any atom is 0.210 e. The number of sulfone groups is 1. The molecule has 0 spiro atoms. The predicted octanol–water partition coefficient (Wildman–Crippen LogP) is 2.84. The highest BCUT2D eigenvalue weighted by molar-refractivity contribution is 7.97. The number of rotatable bonds is 1. The van der Waals surface area contributed by atoms with Crippen LogP contribution < -0.4 is 0 Å². The number of Topliss-reactive ketones (excluding diaryl/α,β-unsaturated/α-hetero) is 1. The second kappa shape index (κ2) is 3.90. The van der Waals surface area contributed by atoms with Crippen LogP contribution in [0.15, 0.2) is 64.9 Å². The maximum absolute atomic E-state index is 12.1. The minimum Gasteiger partial charge on any atom is -0.288 e. The van der Waals surface area contributed by atoms with E-state index >= 15 is 0 Å². The lowest BCUT2D eigenvalue weighted by molar-refractivity contribution is 0.104. The topological polar surface area (TPSA) is 51.2 Å². The first-order valence-electron chi connectivity index (χ1n) is 5.70. The van der Waals surface area contributed by atoms with Crippen LogP contribution in [-0.2, 0) is 9.84 Å². The molecule has 1 heterocycles. The molecule has 2 aromatic rings. The normalized spacial score (nSPS) is 16.4. The number of benzene rings is 2. The van der Waals surface area contributed by atoms with Crippen molar-refractivity contribution in [1.82, 2.24) is 0 Å². The van der Waals surface area contributed by atoms with Crippen LogP contribution in [0.2, 0.25) is 0 Å². The Morgan fingerprint density at radius 2 is 1.58 bits per heavy atom. The number of carbonyl (C=O) groups excluding carboxylic acids is 1. The molecule has 19 heavy (non-hydrogen) atoms. The molecule has 0 radical (unpaired) electrons. The first-order valence-corrected chi connectivity index (χ1v) is 7.18. The quantitative estimate of drug-likeness (QED) is 0.749. The minimum absolute atomic E-state index is 0.0591. The molecule has 0 bridgehead atoms. The van der Waals surface area contributed by atoms with Crippen LogP contribution in [0.1, 0.15) is 10.4 Å². The average Bonchev–Trinajstić information content (AvgIpc) is 2.61. The number of hydrogen-bond acceptors (Lipinski definition) is 3. The molecule has 0 aliphatic carbocycles. The predicted molar refractivity (Wildman–Crippen MR) is 72.5 cm³/mol. The summed E-state index contributed by atoms with van der Waals surface area (Å²) in [5, 5.41) is 0. The fraction of sp³-hybridized carbons (Fsp3) is 0. The number of carbonyl (C=O) groups is 1. The highest BCUT2D eigenvalue weighted by Gasteiger charge is 2.37. The Balaban J connectivity index is 2.25. The van der Waals surface area contributed by atoms with Crippen molar-refractivity contribution in [2.75, 3.05) is 0 Å². The molecule has 3 rings (SSSR count). The average molecular weight is 270 g/mol. The molecule has 3 nitrogen and oxygen atoms in total. The summed E-state index contributed by atoms with van der Waals surface area (Å²) in [6.45, 7) is 3.37. The van der Waals surface area contributed by atoms with Crippen molar-refractivity contribution in [3.05, 3.63) is 65.6 Å². The molecule has 4 heteroatoms. The van der Waals surface area contributed by atoms with Crippen molar-refractivity contribution in [3.63, 3.8) is 0 Å². The molecule has 0 aromatic heterocycles. The molecule has 0 unspecified atom stereocenters. The van der Waals surface area contributed by atoms with E-state index < -0.39 is 15.6 Å². The Bertz CT molecular complexity index is 803. The summed E-state index contributed by atoms with van der Waals surface area (Å²) in [5.74, 6) is -0.505. The maximum atomic E-state index is 12.1. The van der Waals surface area contributed by atoms with Gasteiger partial charge in [0.15, 0.2) is 0 Å². The molecule has 94 valence electrons. The highest BCUT2D eigenvalue weighted by atomic mass is 32.2. The molecule has 0 N–H and O–H groups in total. The molecule has 2 aromatic carbocycles. The summed E-state index contributed by atoms with van der Waals surface area (Å²) in [5.41, 5.74) is 1.89. The number of allylic oxidation sites excluding steroid dienone is 1. The Hall–Kier alpha value is -2.20. The van der Waals surface area contributed by atoms with E-state index in [2.05, 4.69) is 6.58 Å². The van der Waals surface area contributed by atoms with Crippen molar-refractivity contribution in [2.45, 2.75) is 4.90 Å². The monoisotopic (exact) mass is 270 g/mol. The molecular weight excluding hydrogens is 260 g/mol. The van der Waals surface area contributed by atoms with Crippen molar-refractivity contribution >= 4 is 15.6 Å². The van der Waals surface area contributed by atoms with Gasteiger partial charge in [-0.3, -0.25) is 4.79 Å². The third kappa shape index (κ3) is 1.64. The summed E-state index contributed by atoms with van der Waals surface area (Å²) < 4.78 is 24.1. The van der Waals surface area contributed by atoms with Crippen LogP contribution in [0.5, 0.6) is 0 Å². The summed E-state index contributed by atoms with van der Waals surface area (Å²) >= 11 is 0. The third-order valence-corrected chi connectivity index (χ3v) is 4.95. The Labute approximate surface area is 111 Å². The van der Waals surface area contributed by atoms with Crippen LogP contribution in [0.25, 0.3) is 11.1 Å². The SMILES string of the molecule is C=C1C(=O)c2ccc(-c3ccccc3)cc2S1(=O)=O. The van der Waals surface area contributed by atoms with Crippen molar-refractivity contribution < 1.29 is 13.2 Å². The van der Waals surface area contributed by atoms with Crippen LogP contribution in [0.3, 0.4) is 0 Å². The third-order valence-electron chi connectivity index (χ3n) is 3.20. The molecular formula is C15H10O3S. The zero-order valence-corrected chi connectivity index (χ0v) is 10.8. The van der Waals surface area contributed by atoms with Crippen molar-refractivity contribution in [1.29, 1.82) is 0 Å². The summed E-state index contributed by atoms with van der Waals surface area (Å²) in [7, 11) is -3.71. The number of hydrogen-bond donors (Lipinski definition) is 0. The van der Waals surface area contributed by atoms with Crippen molar-refractivity contribution in [2.24, 2.45) is 0 Å². The Morgan fingerprint density at radius 1 is 0.895 bits per heavy atom. The zero-order chi connectivity index (χ0) is 13.6. The minimum atomic E-state index is -3.71. The standard InChI is InChI=1S/C15H10O3S/c1-10-15(16)13-8-7-12(9-14(13)19(10,17)18)11-5-3-2-4-6-11/h2-9H,1H2. The van der Waals surface area contributed by atoms with E-state index in [4.69, 9.17) is 0 Å². The van der Waals surface area contributed by atoms with E-state index in [9.17, 15) is 13.2 Å². The fourth-order valence-electron chi connectivity index (χ4n) is 2.15. The molecule has 0 atom stereocenters. The molecule has 0 fully saturated rings. The van der Waals surface area contributed by atoms with Gasteiger partial charge in [0.1, 0.15) is 4.91 Å². The van der Waals surface area contributed by atoms with Gasteiger partial charge in [-0.2, -0.15) is 0 Å². The lowest BCUT2D eigenvalue weighted by atomic mass is 10.0. The van der Waals surface area contributed by atoms with Crippen LogP contribution >= 0.6 is 0 Å². The first kappa shape index (κ1) is 11.9. The largest absolute Gasteiger partial charge is 0.288 e. The molecule has 0 saturated heterocycles. The summed E-state index contributed by atoms with van der Waals surface area (Å²) in [4.78, 5) is 11.5. The van der Waals surface area contributed by atoms with E-state index in [1.54, 1.807) is 12.1 Å². The first-order chi connectivity index (χ1) is 9.01. The van der Waals surface area contributed by atoms with Gasteiger partial charge in [-0.1, -0.05) is 43.0 Å². The van der Waals surface area contributed by atoms with Gasteiger partial charge < -0.3 is 0 Å². The molecule has 0 amide bonds. The molecule has 0 saturated carbocycles. The van der Waals surface area contributed by atoms with E-state index in [-0.39, 0.29) is 15.4 Å². The summed E-state index contributed by atoms with van der Waals surface area (Å²) in [6.07, 6.45) is 0. The van der Waals surface area contributed by atoms with Gasteiger partial charge in [0.05, 0.1) is 4.90 Å². The second-order valence-corrected chi connectivity index (χ2v) is 6.27. The Morgan fingerprint density at radius 3 is 2.26 bits per heavy atom. The smallest absolute Gasteiger partial charge is 0.210 e.